The summed E-state index contributed by atoms with van der Waals surface area (Å²) in [6.07, 6.45) is 2.11. The van der Waals surface area contributed by atoms with Gasteiger partial charge in [0.1, 0.15) is 10.7 Å². The fraction of sp³-hybridized carbons (Fsp3) is 0.615. The Hall–Kier alpha value is -0.890. The van der Waals surface area contributed by atoms with Crippen LogP contribution in [0.15, 0.2) is 17.2 Å². The maximum absolute atomic E-state index is 12.6. The molecule has 1 aliphatic rings. The van der Waals surface area contributed by atoms with E-state index in [1.54, 1.807) is 0 Å². The molecule has 1 aromatic rings. The summed E-state index contributed by atoms with van der Waals surface area (Å²) in [5.74, 6) is 0.137. The Bertz CT molecular complexity index is 604. The molecule has 0 amide bonds. The summed E-state index contributed by atoms with van der Waals surface area (Å²) in [6, 6.07) is 1.64. The zero-order chi connectivity index (χ0) is 15.6. The van der Waals surface area contributed by atoms with Crippen molar-refractivity contribution in [2.24, 2.45) is 0 Å². The summed E-state index contributed by atoms with van der Waals surface area (Å²) in [5, 5.41) is 0.163. The average molecular weight is 333 g/mol. The Balaban J connectivity index is 2.19. The van der Waals surface area contributed by atoms with Crippen LogP contribution < -0.4 is 5.73 Å². The van der Waals surface area contributed by atoms with E-state index in [0.717, 1.165) is 19.5 Å². The first kappa shape index (κ1) is 16.5. The molecule has 1 aliphatic heterocycles. The Morgan fingerprint density at radius 3 is 2.71 bits per heavy atom. The van der Waals surface area contributed by atoms with Gasteiger partial charge in [-0.25, -0.2) is 13.4 Å². The van der Waals surface area contributed by atoms with Gasteiger partial charge in [0.15, 0.2) is 0 Å². The van der Waals surface area contributed by atoms with Crippen molar-refractivity contribution >= 4 is 27.4 Å². The molecule has 1 aromatic heterocycles. The third kappa shape index (κ3) is 3.31. The van der Waals surface area contributed by atoms with E-state index >= 15 is 0 Å². The number of halogens is 1. The minimum atomic E-state index is -3.56. The zero-order valence-corrected chi connectivity index (χ0v) is 13.9. The van der Waals surface area contributed by atoms with Crippen LogP contribution in [0.3, 0.4) is 0 Å². The summed E-state index contributed by atoms with van der Waals surface area (Å²) >= 11 is 5.87. The standard InChI is InChI=1S/C13H21ClN4O2S/c1-3-17(4-2)10-5-6-18(9-10)21(19,20)11-7-12(14)13(15)16-8-11/h7-8,10H,3-6,9H2,1-2H3,(H2,15,16). The quantitative estimate of drug-likeness (QED) is 0.882. The largest absolute Gasteiger partial charge is 0.382 e. The number of likely N-dealkylation sites (N-methyl/N-ethyl adjacent to an activating group) is 1. The van der Waals surface area contributed by atoms with Gasteiger partial charge in [-0.2, -0.15) is 4.31 Å². The summed E-state index contributed by atoms with van der Waals surface area (Å²) in [6.45, 7) is 7.04. The third-order valence-corrected chi connectivity index (χ3v) is 6.07. The van der Waals surface area contributed by atoms with E-state index in [2.05, 4.69) is 23.7 Å². The highest BCUT2D eigenvalue weighted by atomic mass is 35.5. The highest BCUT2D eigenvalue weighted by Gasteiger charge is 2.34. The van der Waals surface area contributed by atoms with E-state index in [9.17, 15) is 8.42 Å². The lowest BCUT2D eigenvalue weighted by molar-refractivity contribution is 0.224. The molecule has 0 bridgehead atoms. The van der Waals surface area contributed by atoms with Crippen LogP contribution in [0.25, 0.3) is 0 Å². The number of nitrogens with two attached hydrogens (primary N) is 1. The van der Waals surface area contributed by atoms with Gasteiger partial charge in [0, 0.05) is 25.3 Å². The lowest BCUT2D eigenvalue weighted by atomic mass is 10.2. The molecule has 1 unspecified atom stereocenters. The lowest BCUT2D eigenvalue weighted by Crippen LogP contribution is -2.38. The van der Waals surface area contributed by atoms with Crippen LogP contribution in [0.2, 0.25) is 5.02 Å². The number of nitrogens with zero attached hydrogens (tertiary/aromatic N) is 3. The first-order valence-corrected chi connectivity index (χ1v) is 8.87. The molecular weight excluding hydrogens is 312 g/mol. The van der Waals surface area contributed by atoms with E-state index in [0.29, 0.717) is 13.1 Å². The second kappa shape index (κ2) is 6.48. The topological polar surface area (TPSA) is 79.5 Å². The van der Waals surface area contributed by atoms with Crippen LogP contribution in [-0.4, -0.2) is 54.8 Å². The van der Waals surface area contributed by atoms with Crippen molar-refractivity contribution in [3.8, 4) is 0 Å². The molecule has 8 heteroatoms. The number of hydrogen-bond donors (Lipinski definition) is 1. The molecule has 0 aromatic carbocycles. The number of hydrogen-bond acceptors (Lipinski definition) is 5. The maximum atomic E-state index is 12.6. The SMILES string of the molecule is CCN(CC)C1CCN(S(=O)(=O)c2cnc(N)c(Cl)c2)C1. The summed E-state index contributed by atoms with van der Waals surface area (Å²) in [7, 11) is -3.56. The van der Waals surface area contributed by atoms with E-state index < -0.39 is 10.0 Å². The third-order valence-electron chi connectivity index (χ3n) is 3.94. The van der Waals surface area contributed by atoms with Crippen LogP contribution in [0, 0.1) is 0 Å². The van der Waals surface area contributed by atoms with Crippen molar-refractivity contribution < 1.29 is 8.42 Å². The van der Waals surface area contributed by atoms with Crippen molar-refractivity contribution in [2.45, 2.75) is 31.2 Å². The Kier molecular flexibility index (Phi) is 5.08. The van der Waals surface area contributed by atoms with Crippen molar-refractivity contribution in [3.05, 3.63) is 17.3 Å². The molecule has 6 nitrogen and oxygen atoms in total. The predicted molar refractivity (Wildman–Crippen MR) is 83.7 cm³/mol. The molecule has 0 spiro atoms. The van der Waals surface area contributed by atoms with Crippen LogP contribution in [0.5, 0.6) is 0 Å². The summed E-state index contributed by atoms with van der Waals surface area (Å²) in [4.78, 5) is 6.21. The molecule has 1 saturated heterocycles. The molecule has 0 aliphatic carbocycles. The normalized spacial score (nSPS) is 20.3. The predicted octanol–water partition coefficient (Wildman–Crippen LogP) is 1.42. The number of nitrogen functional groups attached to an aromatic ring is 1. The van der Waals surface area contributed by atoms with Gasteiger partial charge in [0.25, 0.3) is 0 Å². The van der Waals surface area contributed by atoms with Gasteiger partial charge in [-0.15, -0.1) is 0 Å². The second-order valence-corrected chi connectivity index (χ2v) is 7.41. The van der Waals surface area contributed by atoms with Crippen molar-refractivity contribution in [1.82, 2.24) is 14.2 Å². The first-order valence-electron chi connectivity index (χ1n) is 7.05. The number of sulfonamides is 1. The highest BCUT2D eigenvalue weighted by Crippen LogP contribution is 2.26. The van der Waals surface area contributed by atoms with Gasteiger partial charge in [0.05, 0.1) is 5.02 Å². The van der Waals surface area contributed by atoms with Crippen molar-refractivity contribution in [3.63, 3.8) is 0 Å². The van der Waals surface area contributed by atoms with Crippen LogP contribution in [0.1, 0.15) is 20.3 Å². The van der Waals surface area contributed by atoms with Gasteiger partial charge in [-0.1, -0.05) is 25.4 Å². The smallest absolute Gasteiger partial charge is 0.244 e. The van der Waals surface area contributed by atoms with Gasteiger partial charge in [0.2, 0.25) is 10.0 Å². The van der Waals surface area contributed by atoms with E-state index in [-0.39, 0.29) is 21.8 Å². The minimum absolute atomic E-state index is 0.0990. The molecule has 2 rings (SSSR count). The van der Waals surface area contributed by atoms with Gasteiger partial charge in [-0.05, 0) is 25.6 Å². The van der Waals surface area contributed by atoms with Gasteiger partial charge < -0.3 is 5.73 Å². The number of pyridine rings is 1. The first-order chi connectivity index (χ1) is 9.90. The van der Waals surface area contributed by atoms with Gasteiger partial charge >= 0.3 is 0 Å². The molecule has 1 atom stereocenters. The van der Waals surface area contributed by atoms with E-state index in [4.69, 9.17) is 17.3 Å². The summed E-state index contributed by atoms with van der Waals surface area (Å²) < 4.78 is 26.7. The second-order valence-electron chi connectivity index (χ2n) is 5.06. The number of rotatable bonds is 5. The Morgan fingerprint density at radius 2 is 2.14 bits per heavy atom. The highest BCUT2D eigenvalue weighted by molar-refractivity contribution is 7.89. The monoisotopic (exact) mass is 332 g/mol. The zero-order valence-electron chi connectivity index (χ0n) is 12.3. The number of aromatic nitrogens is 1. The Labute approximate surface area is 130 Å². The molecular formula is C13H21ClN4O2S. The molecule has 118 valence electrons. The van der Waals surface area contributed by atoms with Crippen LogP contribution in [0.4, 0.5) is 5.82 Å². The average Bonchev–Trinajstić information content (AvgIpc) is 2.93. The number of anilines is 1. The van der Waals surface area contributed by atoms with E-state index in [1.165, 1.54) is 16.6 Å². The lowest BCUT2D eigenvalue weighted by Gasteiger charge is -2.26. The molecule has 2 N–H and O–H groups in total. The molecule has 21 heavy (non-hydrogen) atoms. The van der Waals surface area contributed by atoms with Crippen molar-refractivity contribution in [2.75, 3.05) is 31.9 Å². The Morgan fingerprint density at radius 1 is 1.48 bits per heavy atom. The molecule has 2 heterocycles. The van der Waals surface area contributed by atoms with E-state index in [1.807, 2.05) is 0 Å². The molecule has 1 fully saturated rings. The fourth-order valence-corrected chi connectivity index (χ4v) is 4.38. The summed E-state index contributed by atoms with van der Waals surface area (Å²) in [5.41, 5.74) is 5.53. The molecule has 0 radical (unpaired) electrons. The van der Waals surface area contributed by atoms with Crippen molar-refractivity contribution in [1.29, 1.82) is 0 Å². The van der Waals surface area contributed by atoms with Crippen LogP contribution >= 0.6 is 11.6 Å². The fourth-order valence-electron chi connectivity index (χ4n) is 2.69. The van der Waals surface area contributed by atoms with Gasteiger partial charge in [-0.3, -0.25) is 4.90 Å². The van der Waals surface area contributed by atoms with Crippen LogP contribution in [-0.2, 0) is 10.0 Å². The maximum Gasteiger partial charge on any atom is 0.244 e. The minimum Gasteiger partial charge on any atom is -0.382 e. The molecule has 0 saturated carbocycles.